The summed E-state index contributed by atoms with van der Waals surface area (Å²) in [4.78, 5) is 33.7. The molecule has 0 bridgehead atoms. The molecule has 12 heteroatoms. The van der Waals surface area contributed by atoms with Crippen LogP contribution >= 0.6 is 11.6 Å². The summed E-state index contributed by atoms with van der Waals surface area (Å²) < 4.78 is 44.7. The minimum atomic E-state index is -4.84. The number of nitro benzene ring substituents is 1. The number of non-ortho nitro benzene ring substituents is 1. The first-order valence-corrected chi connectivity index (χ1v) is 7.69. The first-order chi connectivity index (χ1) is 13.0. The molecule has 0 aliphatic heterocycles. The molecule has 0 spiro atoms. The van der Waals surface area contributed by atoms with E-state index in [0.717, 1.165) is 42.5 Å². The molecule has 0 aromatic heterocycles. The van der Waals surface area contributed by atoms with Crippen LogP contribution in [0, 0.1) is 10.1 Å². The van der Waals surface area contributed by atoms with Crippen molar-refractivity contribution >= 4 is 34.9 Å². The van der Waals surface area contributed by atoms with Gasteiger partial charge in [-0.3, -0.25) is 14.9 Å². The third-order valence-electron chi connectivity index (χ3n) is 3.09. The molecule has 28 heavy (non-hydrogen) atoms. The molecule has 148 valence electrons. The molecule has 8 nitrogen and oxygen atoms in total. The third-order valence-corrected chi connectivity index (χ3v) is 3.42. The molecule has 0 saturated carbocycles. The largest absolute Gasteiger partial charge is 0.573 e. The van der Waals surface area contributed by atoms with Crippen molar-refractivity contribution in [2.24, 2.45) is 0 Å². The van der Waals surface area contributed by atoms with Crippen molar-refractivity contribution < 1.29 is 37.2 Å². The van der Waals surface area contributed by atoms with Gasteiger partial charge in [-0.05, 0) is 30.3 Å². The van der Waals surface area contributed by atoms with Gasteiger partial charge >= 0.3 is 12.3 Å². The Labute approximate surface area is 160 Å². The van der Waals surface area contributed by atoms with Gasteiger partial charge in [0.15, 0.2) is 6.61 Å². The lowest BCUT2D eigenvalue weighted by atomic mass is 10.2. The van der Waals surface area contributed by atoms with E-state index in [0.29, 0.717) is 0 Å². The maximum Gasteiger partial charge on any atom is 0.573 e. The normalized spacial score (nSPS) is 10.9. The van der Waals surface area contributed by atoms with E-state index in [9.17, 15) is 32.9 Å². The highest BCUT2D eigenvalue weighted by Gasteiger charge is 2.31. The molecule has 0 aliphatic rings. The van der Waals surface area contributed by atoms with Crippen molar-refractivity contribution in [2.75, 3.05) is 11.9 Å². The van der Waals surface area contributed by atoms with E-state index >= 15 is 0 Å². The van der Waals surface area contributed by atoms with E-state index in [1.165, 1.54) is 0 Å². The van der Waals surface area contributed by atoms with Gasteiger partial charge in [-0.2, -0.15) is 0 Å². The number of halogens is 4. The van der Waals surface area contributed by atoms with Crippen molar-refractivity contribution in [3.8, 4) is 5.75 Å². The number of nitrogens with one attached hydrogen (secondary N) is 1. The summed E-state index contributed by atoms with van der Waals surface area (Å²) in [6.07, 6.45) is -4.84. The Morgan fingerprint density at radius 2 is 1.79 bits per heavy atom. The molecule has 0 radical (unpaired) electrons. The first kappa shape index (κ1) is 21.0. The minimum absolute atomic E-state index is 0.101. The average molecular weight is 419 g/mol. The van der Waals surface area contributed by atoms with Crippen molar-refractivity contribution in [1.29, 1.82) is 0 Å². The van der Waals surface area contributed by atoms with Crippen LogP contribution in [0.25, 0.3) is 0 Å². The third kappa shape index (κ3) is 6.13. The molecule has 0 atom stereocenters. The number of amides is 1. The van der Waals surface area contributed by atoms with E-state index in [4.69, 9.17) is 16.3 Å². The Hall–Kier alpha value is -3.34. The second-order valence-electron chi connectivity index (χ2n) is 5.12. The number of hydrogen-bond acceptors (Lipinski definition) is 6. The second kappa shape index (κ2) is 8.57. The fraction of sp³-hybridized carbons (Fsp3) is 0.125. The average Bonchev–Trinajstić information content (AvgIpc) is 2.60. The summed E-state index contributed by atoms with van der Waals surface area (Å²) in [5.41, 5.74) is -0.553. The molecule has 0 unspecified atom stereocenters. The highest BCUT2D eigenvalue weighted by atomic mass is 35.5. The highest BCUT2D eigenvalue weighted by molar-refractivity contribution is 6.33. The number of alkyl halides is 3. The zero-order valence-electron chi connectivity index (χ0n) is 13.7. The molecule has 2 aromatic rings. The van der Waals surface area contributed by atoms with Gasteiger partial charge in [-0.15, -0.1) is 13.2 Å². The smallest absolute Gasteiger partial charge is 0.452 e. The second-order valence-corrected chi connectivity index (χ2v) is 5.52. The Balaban J connectivity index is 1.93. The summed E-state index contributed by atoms with van der Waals surface area (Å²) >= 11 is 5.79. The number of nitrogens with zero attached hydrogens (tertiary/aromatic N) is 1. The van der Waals surface area contributed by atoms with Crippen LogP contribution in [0.15, 0.2) is 42.5 Å². The van der Waals surface area contributed by atoms with Gasteiger partial charge in [0.05, 0.1) is 15.5 Å². The highest BCUT2D eigenvalue weighted by Crippen LogP contribution is 2.24. The van der Waals surface area contributed by atoms with E-state index in [1.54, 1.807) is 0 Å². The van der Waals surface area contributed by atoms with Crippen molar-refractivity contribution in [3.63, 3.8) is 0 Å². The molecule has 1 N–H and O–H groups in total. The number of hydrogen-bond donors (Lipinski definition) is 1. The molecule has 1 amide bonds. The lowest BCUT2D eigenvalue weighted by Crippen LogP contribution is -2.21. The molecular weight excluding hydrogens is 409 g/mol. The SMILES string of the molecule is O=C(COC(=O)c1cc([N+](=O)[O-])ccc1Cl)Nc1ccc(OC(F)(F)F)cc1. The number of rotatable bonds is 6. The number of ether oxygens (including phenoxy) is 2. The van der Waals surface area contributed by atoms with Gasteiger partial charge < -0.3 is 14.8 Å². The molecule has 0 heterocycles. The Morgan fingerprint density at radius 1 is 1.14 bits per heavy atom. The summed E-state index contributed by atoms with van der Waals surface area (Å²) in [5, 5.41) is 12.9. The van der Waals surface area contributed by atoms with Crippen molar-refractivity contribution in [2.45, 2.75) is 6.36 Å². The monoisotopic (exact) mass is 418 g/mol. The fourth-order valence-electron chi connectivity index (χ4n) is 1.93. The number of carbonyl (C=O) groups excluding carboxylic acids is 2. The summed E-state index contributed by atoms with van der Waals surface area (Å²) in [6, 6.07) is 7.41. The van der Waals surface area contributed by atoms with Gasteiger partial charge in [0, 0.05) is 17.8 Å². The van der Waals surface area contributed by atoms with Crippen LogP contribution < -0.4 is 10.1 Å². The van der Waals surface area contributed by atoms with Gasteiger partial charge in [0.1, 0.15) is 5.75 Å². The predicted molar refractivity (Wildman–Crippen MR) is 90.1 cm³/mol. The minimum Gasteiger partial charge on any atom is -0.452 e. The zero-order chi connectivity index (χ0) is 20.9. The topological polar surface area (TPSA) is 108 Å². The van der Waals surface area contributed by atoms with Crippen LogP contribution in [0.4, 0.5) is 24.5 Å². The van der Waals surface area contributed by atoms with Crippen LogP contribution in [-0.4, -0.2) is 29.8 Å². The van der Waals surface area contributed by atoms with Gasteiger partial charge in [-0.1, -0.05) is 11.6 Å². The van der Waals surface area contributed by atoms with Gasteiger partial charge in [0.25, 0.3) is 11.6 Å². The van der Waals surface area contributed by atoms with Crippen LogP contribution in [0.1, 0.15) is 10.4 Å². The standard InChI is InChI=1S/C16H10ClF3N2O6/c17-13-6-3-10(22(25)26)7-12(13)15(24)27-8-14(23)21-9-1-4-11(5-2-9)28-16(18,19)20/h1-7H,8H2,(H,21,23). The Kier molecular flexibility index (Phi) is 6.41. The fourth-order valence-corrected chi connectivity index (χ4v) is 2.12. The molecule has 0 saturated heterocycles. The molecule has 0 aliphatic carbocycles. The number of esters is 1. The number of carbonyl (C=O) groups is 2. The number of benzene rings is 2. The van der Waals surface area contributed by atoms with E-state index < -0.39 is 35.5 Å². The number of nitro groups is 1. The molecule has 2 rings (SSSR count). The van der Waals surface area contributed by atoms with Gasteiger partial charge in [0.2, 0.25) is 0 Å². The van der Waals surface area contributed by atoms with Crippen LogP contribution in [0.2, 0.25) is 5.02 Å². The molecule has 2 aromatic carbocycles. The molecular formula is C16H10ClF3N2O6. The van der Waals surface area contributed by atoms with Crippen LogP contribution in [0.5, 0.6) is 5.75 Å². The summed E-state index contributed by atoms with van der Waals surface area (Å²) in [6.45, 7) is -0.751. The predicted octanol–water partition coefficient (Wildman–Crippen LogP) is 3.94. The maximum absolute atomic E-state index is 12.1. The first-order valence-electron chi connectivity index (χ1n) is 7.32. The zero-order valence-corrected chi connectivity index (χ0v) is 14.4. The lowest BCUT2D eigenvalue weighted by Gasteiger charge is -2.10. The summed E-state index contributed by atoms with van der Waals surface area (Å²) in [5.74, 6) is -2.32. The van der Waals surface area contributed by atoms with Crippen LogP contribution in [-0.2, 0) is 9.53 Å². The van der Waals surface area contributed by atoms with E-state index in [1.807, 2.05) is 0 Å². The van der Waals surface area contributed by atoms with E-state index in [2.05, 4.69) is 10.1 Å². The van der Waals surface area contributed by atoms with Crippen molar-refractivity contribution in [3.05, 3.63) is 63.2 Å². The number of anilines is 1. The van der Waals surface area contributed by atoms with Crippen LogP contribution in [0.3, 0.4) is 0 Å². The molecule has 0 fully saturated rings. The summed E-state index contributed by atoms with van der Waals surface area (Å²) in [7, 11) is 0. The lowest BCUT2D eigenvalue weighted by molar-refractivity contribution is -0.384. The van der Waals surface area contributed by atoms with E-state index in [-0.39, 0.29) is 22.0 Å². The van der Waals surface area contributed by atoms with Gasteiger partial charge in [-0.25, -0.2) is 4.79 Å². The Bertz CT molecular complexity index is 902. The van der Waals surface area contributed by atoms with Crippen molar-refractivity contribution in [1.82, 2.24) is 0 Å². The Morgan fingerprint density at radius 3 is 2.36 bits per heavy atom. The maximum atomic E-state index is 12.1. The quantitative estimate of drug-likeness (QED) is 0.432.